The maximum absolute atomic E-state index is 9.93. The Morgan fingerprint density at radius 1 is 1.08 bits per heavy atom. The van der Waals surface area contributed by atoms with Crippen molar-refractivity contribution in [3.63, 3.8) is 0 Å². The molecule has 0 radical (unpaired) electrons. The van der Waals surface area contributed by atoms with Crippen molar-refractivity contribution in [1.82, 2.24) is 4.90 Å². The number of hydrogen-bond acceptors (Lipinski definition) is 2. The molecule has 1 N–H and O–H groups in total. The summed E-state index contributed by atoms with van der Waals surface area (Å²) < 4.78 is 0. The zero-order valence-corrected chi connectivity index (χ0v) is 9.91. The molecule has 0 rings (SSSR count). The number of aliphatic hydroxyl groups excluding tert-OH is 1. The summed E-state index contributed by atoms with van der Waals surface area (Å²) in [5, 5.41) is 9.93. The fraction of sp³-hybridized carbons (Fsp3) is 1.00. The van der Waals surface area contributed by atoms with Crippen LogP contribution < -0.4 is 0 Å². The third-order valence-electron chi connectivity index (χ3n) is 2.51. The lowest BCUT2D eigenvalue weighted by molar-refractivity contribution is -0.0338. The van der Waals surface area contributed by atoms with Gasteiger partial charge in [-0.2, -0.15) is 0 Å². The van der Waals surface area contributed by atoms with Crippen LogP contribution in [-0.2, 0) is 0 Å². The van der Waals surface area contributed by atoms with Crippen LogP contribution in [0, 0.1) is 17.8 Å². The molecule has 13 heavy (non-hydrogen) atoms. The van der Waals surface area contributed by atoms with E-state index in [1.165, 1.54) is 0 Å². The van der Waals surface area contributed by atoms with Gasteiger partial charge in [-0.15, -0.1) is 0 Å². The van der Waals surface area contributed by atoms with Crippen LogP contribution in [0.1, 0.15) is 34.1 Å². The van der Waals surface area contributed by atoms with Crippen molar-refractivity contribution in [1.29, 1.82) is 0 Å². The molecule has 0 fully saturated rings. The van der Waals surface area contributed by atoms with Gasteiger partial charge in [-0.1, -0.05) is 27.7 Å². The van der Waals surface area contributed by atoms with Gasteiger partial charge in [0, 0.05) is 5.92 Å². The van der Waals surface area contributed by atoms with E-state index in [0.29, 0.717) is 17.8 Å². The van der Waals surface area contributed by atoms with Crippen molar-refractivity contribution in [2.24, 2.45) is 17.8 Å². The quantitative estimate of drug-likeness (QED) is 0.667. The Labute approximate surface area is 82.9 Å². The second-order valence-corrected chi connectivity index (χ2v) is 4.91. The minimum absolute atomic E-state index is 0.303. The molecule has 0 amide bonds. The molecule has 80 valence electrons. The minimum Gasteiger partial charge on any atom is -0.378 e. The molecule has 0 saturated carbocycles. The zero-order chi connectivity index (χ0) is 10.6. The van der Waals surface area contributed by atoms with Crippen molar-refractivity contribution >= 4 is 0 Å². The van der Waals surface area contributed by atoms with Gasteiger partial charge in [-0.25, -0.2) is 0 Å². The van der Waals surface area contributed by atoms with Gasteiger partial charge in [0.2, 0.25) is 0 Å². The summed E-state index contributed by atoms with van der Waals surface area (Å²) >= 11 is 0. The van der Waals surface area contributed by atoms with Gasteiger partial charge in [0.25, 0.3) is 0 Å². The molecule has 2 unspecified atom stereocenters. The molecular weight excluding hydrogens is 162 g/mol. The van der Waals surface area contributed by atoms with Gasteiger partial charge in [-0.3, -0.25) is 4.90 Å². The monoisotopic (exact) mass is 187 g/mol. The fourth-order valence-corrected chi connectivity index (χ4v) is 1.67. The molecular formula is C11H25NO. The third-order valence-corrected chi connectivity index (χ3v) is 2.51. The molecule has 2 nitrogen and oxygen atoms in total. The van der Waals surface area contributed by atoms with E-state index in [0.717, 1.165) is 6.42 Å². The van der Waals surface area contributed by atoms with Gasteiger partial charge in [0.05, 0.1) is 0 Å². The molecule has 0 aromatic heterocycles. The molecule has 0 heterocycles. The second-order valence-electron chi connectivity index (χ2n) is 4.91. The van der Waals surface area contributed by atoms with Gasteiger partial charge in [0.15, 0.2) is 0 Å². The Hall–Kier alpha value is -0.0800. The maximum atomic E-state index is 9.93. The first-order chi connectivity index (χ1) is 5.86. The minimum atomic E-state index is -0.303. The smallest absolute Gasteiger partial charge is 0.109 e. The van der Waals surface area contributed by atoms with Crippen LogP contribution in [0.5, 0.6) is 0 Å². The highest BCUT2D eigenvalue weighted by atomic mass is 16.3. The van der Waals surface area contributed by atoms with Crippen LogP contribution in [0.25, 0.3) is 0 Å². The Morgan fingerprint density at radius 3 is 1.77 bits per heavy atom. The van der Waals surface area contributed by atoms with Gasteiger partial charge < -0.3 is 5.11 Å². The first kappa shape index (κ1) is 12.9. The van der Waals surface area contributed by atoms with Crippen molar-refractivity contribution in [2.45, 2.75) is 40.3 Å². The van der Waals surface area contributed by atoms with Crippen molar-refractivity contribution in [3.8, 4) is 0 Å². The van der Waals surface area contributed by atoms with Crippen LogP contribution in [0.4, 0.5) is 0 Å². The number of hydrogen-bond donors (Lipinski definition) is 1. The van der Waals surface area contributed by atoms with E-state index in [-0.39, 0.29) is 6.23 Å². The highest BCUT2D eigenvalue weighted by Crippen LogP contribution is 2.24. The summed E-state index contributed by atoms with van der Waals surface area (Å²) in [4.78, 5) is 1.90. The lowest BCUT2D eigenvalue weighted by Gasteiger charge is -2.32. The van der Waals surface area contributed by atoms with E-state index in [1.54, 1.807) is 0 Å². The molecule has 2 atom stereocenters. The molecule has 0 bridgehead atoms. The highest BCUT2D eigenvalue weighted by molar-refractivity contribution is 4.71. The number of aliphatic hydroxyl groups is 1. The largest absolute Gasteiger partial charge is 0.378 e. The molecule has 0 spiro atoms. The van der Waals surface area contributed by atoms with E-state index in [1.807, 2.05) is 19.0 Å². The maximum Gasteiger partial charge on any atom is 0.109 e. The predicted molar refractivity (Wildman–Crippen MR) is 57.5 cm³/mol. The molecule has 0 saturated heterocycles. The first-order valence-corrected chi connectivity index (χ1v) is 5.20. The van der Waals surface area contributed by atoms with Crippen LogP contribution in [0.2, 0.25) is 0 Å². The number of nitrogens with zero attached hydrogens (tertiary/aromatic N) is 1. The van der Waals surface area contributed by atoms with Crippen molar-refractivity contribution < 1.29 is 5.11 Å². The number of rotatable bonds is 5. The van der Waals surface area contributed by atoms with E-state index in [4.69, 9.17) is 0 Å². The summed E-state index contributed by atoms with van der Waals surface area (Å²) in [5.74, 6) is 1.58. The fourth-order valence-electron chi connectivity index (χ4n) is 1.67. The average molecular weight is 187 g/mol. The van der Waals surface area contributed by atoms with Crippen molar-refractivity contribution in [2.75, 3.05) is 14.1 Å². The van der Waals surface area contributed by atoms with Crippen LogP contribution in [0.15, 0.2) is 0 Å². The second kappa shape index (κ2) is 5.61. The topological polar surface area (TPSA) is 23.5 Å². The Balaban J connectivity index is 4.24. The summed E-state index contributed by atoms with van der Waals surface area (Å²) in [6.07, 6.45) is 0.791. The molecule has 0 aliphatic carbocycles. The molecule has 0 aliphatic rings. The molecule has 2 heteroatoms. The van der Waals surface area contributed by atoms with Gasteiger partial charge >= 0.3 is 0 Å². The van der Waals surface area contributed by atoms with Crippen LogP contribution >= 0.6 is 0 Å². The Kier molecular flexibility index (Phi) is 5.57. The van der Waals surface area contributed by atoms with E-state index in [2.05, 4.69) is 27.7 Å². The Morgan fingerprint density at radius 2 is 1.54 bits per heavy atom. The standard InChI is InChI=1S/C11H25NO/c1-8(2)7-10(9(3)4)11(13)12(5)6/h8-11,13H,7H2,1-6H3. The van der Waals surface area contributed by atoms with Crippen molar-refractivity contribution in [3.05, 3.63) is 0 Å². The molecule has 0 aromatic rings. The lowest BCUT2D eigenvalue weighted by Crippen LogP contribution is -2.38. The lowest BCUT2D eigenvalue weighted by atomic mass is 9.86. The van der Waals surface area contributed by atoms with E-state index < -0.39 is 0 Å². The summed E-state index contributed by atoms with van der Waals surface area (Å²) in [6.45, 7) is 8.77. The van der Waals surface area contributed by atoms with Crippen LogP contribution in [-0.4, -0.2) is 30.3 Å². The summed E-state index contributed by atoms with van der Waals surface area (Å²) in [7, 11) is 3.86. The Bertz CT molecular complexity index is 132. The third kappa shape index (κ3) is 4.63. The van der Waals surface area contributed by atoms with Gasteiger partial charge in [0.1, 0.15) is 6.23 Å². The SMILES string of the molecule is CC(C)CC(C(C)C)C(O)N(C)C. The predicted octanol–water partition coefficient (Wildman–Crippen LogP) is 2.18. The average Bonchev–Trinajstić information content (AvgIpc) is 1.97. The van der Waals surface area contributed by atoms with E-state index in [9.17, 15) is 5.11 Å². The van der Waals surface area contributed by atoms with Crippen LogP contribution in [0.3, 0.4) is 0 Å². The summed E-state index contributed by atoms with van der Waals surface area (Å²) in [5.41, 5.74) is 0. The van der Waals surface area contributed by atoms with Gasteiger partial charge in [-0.05, 0) is 32.4 Å². The summed E-state index contributed by atoms with van der Waals surface area (Å²) in [6, 6.07) is 0. The highest BCUT2D eigenvalue weighted by Gasteiger charge is 2.24. The first-order valence-electron chi connectivity index (χ1n) is 5.20. The normalized spacial score (nSPS) is 17.1. The molecule has 0 aliphatic heterocycles. The van der Waals surface area contributed by atoms with E-state index >= 15 is 0 Å². The zero-order valence-electron chi connectivity index (χ0n) is 9.91. The molecule has 0 aromatic carbocycles.